The van der Waals surface area contributed by atoms with E-state index < -0.39 is 0 Å². The summed E-state index contributed by atoms with van der Waals surface area (Å²) in [6.45, 7) is 12.4. The average Bonchev–Trinajstić information content (AvgIpc) is 2.47. The summed E-state index contributed by atoms with van der Waals surface area (Å²) in [6.07, 6.45) is 2.99. The van der Waals surface area contributed by atoms with Crippen molar-refractivity contribution < 1.29 is 4.74 Å². The van der Waals surface area contributed by atoms with Gasteiger partial charge in [-0.15, -0.1) is 0 Å². The number of ether oxygens (including phenoxy) is 1. The van der Waals surface area contributed by atoms with Crippen LogP contribution in [0.2, 0.25) is 0 Å². The second-order valence-electron chi connectivity index (χ2n) is 3.33. The van der Waals surface area contributed by atoms with E-state index >= 15 is 0 Å². The first-order valence-electron chi connectivity index (χ1n) is 4.41. The highest BCUT2D eigenvalue weighted by Gasteiger charge is 2.19. The Hall–Kier alpha value is -0.920. The molecule has 0 bridgehead atoms. The first kappa shape index (κ1) is 9.17. The van der Waals surface area contributed by atoms with Gasteiger partial charge in [0.15, 0.2) is 5.88 Å². The molecule has 0 N–H and O–H groups in total. The van der Waals surface area contributed by atoms with Gasteiger partial charge in [-0.3, -0.25) is 0 Å². The maximum Gasteiger partial charge on any atom is 0.182 e. The molecule has 2 nitrogen and oxygen atoms in total. The van der Waals surface area contributed by atoms with Crippen molar-refractivity contribution in [3.63, 3.8) is 0 Å². The van der Waals surface area contributed by atoms with Gasteiger partial charge in [0.25, 0.3) is 0 Å². The minimum atomic E-state index is 0.559. The standard InChI is InChI=1S/C10H17NO/c1-4-7-12-10(3)11-6-5-9(2)8-11/h4,9H,1,3,5-8H2,2H3. The smallest absolute Gasteiger partial charge is 0.182 e. The molecular formula is C10H17NO. The van der Waals surface area contributed by atoms with E-state index in [4.69, 9.17) is 4.74 Å². The molecule has 1 fully saturated rings. The molecule has 1 saturated heterocycles. The molecule has 1 aliphatic rings. The van der Waals surface area contributed by atoms with Crippen LogP contribution in [-0.2, 0) is 4.74 Å². The van der Waals surface area contributed by atoms with E-state index in [9.17, 15) is 0 Å². The topological polar surface area (TPSA) is 12.5 Å². The summed E-state index contributed by atoms with van der Waals surface area (Å²) in [6, 6.07) is 0. The summed E-state index contributed by atoms with van der Waals surface area (Å²) < 4.78 is 5.34. The number of likely N-dealkylation sites (tertiary alicyclic amines) is 1. The third-order valence-corrected chi connectivity index (χ3v) is 2.14. The van der Waals surface area contributed by atoms with Gasteiger partial charge in [-0.05, 0) is 18.9 Å². The van der Waals surface area contributed by atoms with Gasteiger partial charge in [-0.25, -0.2) is 0 Å². The molecule has 12 heavy (non-hydrogen) atoms. The molecule has 1 rings (SSSR count). The summed E-state index contributed by atoms with van der Waals surface area (Å²) in [5.74, 6) is 1.56. The molecular weight excluding hydrogens is 150 g/mol. The van der Waals surface area contributed by atoms with Gasteiger partial charge in [-0.2, -0.15) is 0 Å². The van der Waals surface area contributed by atoms with Gasteiger partial charge in [0.2, 0.25) is 0 Å². The molecule has 0 amide bonds. The Balaban J connectivity index is 2.28. The molecule has 1 aliphatic heterocycles. The van der Waals surface area contributed by atoms with Crippen molar-refractivity contribution in [2.24, 2.45) is 5.92 Å². The minimum absolute atomic E-state index is 0.559. The highest BCUT2D eigenvalue weighted by Crippen LogP contribution is 2.19. The normalized spacial score (nSPS) is 22.4. The van der Waals surface area contributed by atoms with Crippen molar-refractivity contribution in [2.75, 3.05) is 19.7 Å². The number of nitrogens with zero attached hydrogens (tertiary/aromatic N) is 1. The van der Waals surface area contributed by atoms with E-state index in [-0.39, 0.29) is 0 Å². The Kier molecular flexibility index (Phi) is 3.20. The lowest BCUT2D eigenvalue weighted by Crippen LogP contribution is -2.20. The Morgan fingerprint density at radius 3 is 3.00 bits per heavy atom. The van der Waals surface area contributed by atoms with E-state index in [2.05, 4.69) is 25.0 Å². The Morgan fingerprint density at radius 2 is 2.50 bits per heavy atom. The second kappa shape index (κ2) is 4.19. The molecule has 0 aliphatic carbocycles. The van der Waals surface area contributed by atoms with Crippen LogP contribution in [0.4, 0.5) is 0 Å². The summed E-state index contributed by atoms with van der Waals surface area (Å²) in [7, 11) is 0. The summed E-state index contributed by atoms with van der Waals surface area (Å²) in [5.41, 5.74) is 0. The van der Waals surface area contributed by atoms with Gasteiger partial charge < -0.3 is 9.64 Å². The summed E-state index contributed by atoms with van der Waals surface area (Å²) in [5, 5.41) is 0. The van der Waals surface area contributed by atoms with E-state index in [1.165, 1.54) is 6.42 Å². The molecule has 0 saturated carbocycles. The highest BCUT2D eigenvalue weighted by atomic mass is 16.5. The number of hydrogen-bond donors (Lipinski definition) is 0. The van der Waals surface area contributed by atoms with Crippen LogP contribution in [0.15, 0.2) is 25.1 Å². The SMILES string of the molecule is C=CCOC(=C)N1CCC(C)C1. The van der Waals surface area contributed by atoms with Crippen molar-refractivity contribution in [1.29, 1.82) is 0 Å². The van der Waals surface area contributed by atoms with Crippen LogP contribution in [0.5, 0.6) is 0 Å². The predicted octanol–water partition coefficient (Wildman–Crippen LogP) is 2.00. The third kappa shape index (κ3) is 2.29. The highest BCUT2D eigenvalue weighted by molar-refractivity contribution is 4.89. The van der Waals surface area contributed by atoms with E-state index in [1.807, 2.05) is 0 Å². The van der Waals surface area contributed by atoms with Gasteiger partial charge in [0, 0.05) is 13.1 Å². The van der Waals surface area contributed by atoms with Crippen molar-refractivity contribution in [3.05, 3.63) is 25.1 Å². The average molecular weight is 167 g/mol. The van der Waals surface area contributed by atoms with Gasteiger partial charge in [0.1, 0.15) is 6.61 Å². The minimum Gasteiger partial charge on any atom is -0.475 e. The summed E-state index contributed by atoms with van der Waals surface area (Å²) >= 11 is 0. The fourth-order valence-corrected chi connectivity index (χ4v) is 1.41. The molecule has 0 aromatic carbocycles. The monoisotopic (exact) mass is 167 g/mol. The van der Waals surface area contributed by atoms with Crippen LogP contribution in [0.1, 0.15) is 13.3 Å². The van der Waals surface area contributed by atoms with Crippen LogP contribution in [-0.4, -0.2) is 24.6 Å². The van der Waals surface area contributed by atoms with E-state index in [1.54, 1.807) is 6.08 Å². The van der Waals surface area contributed by atoms with Crippen molar-refractivity contribution in [3.8, 4) is 0 Å². The first-order valence-corrected chi connectivity index (χ1v) is 4.41. The fourth-order valence-electron chi connectivity index (χ4n) is 1.41. The number of hydrogen-bond acceptors (Lipinski definition) is 2. The molecule has 0 radical (unpaired) electrons. The summed E-state index contributed by atoms with van der Waals surface area (Å²) in [4.78, 5) is 2.19. The van der Waals surface area contributed by atoms with E-state index in [0.29, 0.717) is 6.61 Å². The molecule has 1 unspecified atom stereocenters. The third-order valence-electron chi connectivity index (χ3n) is 2.14. The lowest BCUT2D eigenvalue weighted by atomic mass is 10.2. The molecule has 0 aromatic heterocycles. The number of rotatable bonds is 4. The van der Waals surface area contributed by atoms with Crippen LogP contribution in [0.25, 0.3) is 0 Å². The molecule has 1 heterocycles. The van der Waals surface area contributed by atoms with Gasteiger partial charge in [-0.1, -0.05) is 19.6 Å². The van der Waals surface area contributed by atoms with Crippen molar-refractivity contribution in [2.45, 2.75) is 13.3 Å². The predicted molar refractivity (Wildman–Crippen MR) is 50.6 cm³/mol. The fraction of sp³-hybridized carbons (Fsp3) is 0.600. The van der Waals surface area contributed by atoms with Crippen molar-refractivity contribution in [1.82, 2.24) is 4.90 Å². The molecule has 68 valence electrons. The largest absolute Gasteiger partial charge is 0.475 e. The van der Waals surface area contributed by atoms with E-state index in [0.717, 1.165) is 24.9 Å². The maximum atomic E-state index is 5.34. The van der Waals surface area contributed by atoms with Gasteiger partial charge in [0.05, 0.1) is 0 Å². The molecule has 2 heteroatoms. The zero-order valence-electron chi connectivity index (χ0n) is 7.75. The Bertz CT molecular complexity index is 177. The maximum absolute atomic E-state index is 5.34. The quantitative estimate of drug-likeness (QED) is 0.469. The molecule has 1 atom stereocenters. The van der Waals surface area contributed by atoms with Crippen LogP contribution in [0.3, 0.4) is 0 Å². The molecule has 0 aromatic rings. The molecule has 0 spiro atoms. The zero-order valence-corrected chi connectivity index (χ0v) is 7.75. The lowest BCUT2D eigenvalue weighted by molar-refractivity contribution is 0.147. The van der Waals surface area contributed by atoms with Gasteiger partial charge >= 0.3 is 0 Å². The lowest BCUT2D eigenvalue weighted by Gasteiger charge is -2.19. The van der Waals surface area contributed by atoms with Crippen LogP contribution >= 0.6 is 0 Å². The first-order chi connectivity index (χ1) is 5.74. The Labute approximate surface area is 74.5 Å². The second-order valence-corrected chi connectivity index (χ2v) is 3.33. The zero-order chi connectivity index (χ0) is 8.97. The van der Waals surface area contributed by atoms with Crippen molar-refractivity contribution >= 4 is 0 Å². The Morgan fingerprint density at radius 1 is 1.75 bits per heavy atom. The van der Waals surface area contributed by atoms with Crippen LogP contribution < -0.4 is 0 Å². The van der Waals surface area contributed by atoms with Crippen LogP contribution in [0, 0.1) is 5.92 Å².